The van der Waals surface area contributed by atoms with Crippen LogP contribution in [0.1, 0.15) is 53.5 Å². The maximum Gasteiger partial charge on any atom is 0.416 e. The lowest BCUT2D eigenvalue weighted by molar-refractivity contribution is -0.137. The molecular weight excluding hydrogens is 638 g/mol. The van der Waals surface area contributed by atoms with Gasteiger partial charge >= 0.3 is 6.18 Å². The Morgan fingerprint density at radius 2 is 1.51 bits per heavy atom. The Morgan fingerprint density at radius 1 is 0.872 bits per heavy atom. The standard InChI is InChI=1S/C34H32ClF4N5O3/c1-33(45,26-15-10-23(18-27(26)36)34(37,38)39)16-4-5-29-32(42-43-44(29)20-22-8-13-25(47-3)14-9-22)28-19-30(35)41-31(40-28)17-21-6-11-24(46-2)12-7-21/h6-15,18-19,45H,4-5,16-17,20H2,1-3H3. The van der Waals surface area contributed by atoms with Gasteiger partial charge in [0.05, 0.1) is 43.3 Å². The number of benzene rings is 3. The van der Waals surface area contributed by atoms with E-state index in [0.717, 1.165) is 29.0 Å². The van der Waals surface area contributed by atoms with Crippen molar-refractivity contribution in [2.45, 2.75) is 50.9 Å². The number of methoxy groups -OCH3 is 2. The maximum atomic E-state index is 14.8. The molecule has 8 nitrogen and oxygen atoms in total. The fourth-order valence-corrected chi connectivity index (χ4v) is 5.46. The summed E-state index contributed by atoms with van der Waals surface area (Å²) >= 11 is 6.44. The molecule has 0 radical (unpaired) electrons. The van der Waals surface area contributed by atoms with Gasteiger partial charge in [-0.05, 0) is 73.7 Å². The van der Waals surface area contributed by atoms with Gasteiger partial charge in [0, 0.05) is 18.1 Å². The summed E-state index contributed by atoms with van der Waals surface area (Å²) in [5.41, 5.74) is 0.359. The van der Waals surface area contributed by atoms with Gasteiger partial charge in [-0.2, -0.15) is 13.2 Å². The lowest BCUT2D eigenvalue weighted by Crippen LogP contribution is -2.23. The predicted molar refractivity (Wildman–Crippen MR) is 168 cm³/mol. The molecule has 47 heavy (non-hydrogen) atoms. The minimum absolute atomic E-state index is 0.0374. The normalized spacial score (nSPS) is 13.0. The number of aliphatic hydroxyl groups is 1. The third-order valence-electron chi connectivity index (χ3n) is 7.79. The Balaban J connectivity index is 1.43. The minimum atomic E-state index is -4.70. The first-order chi connectivity index (χ1) is 22.4. The van der Waals surface area contributed by atoms with E-state index in [9.17, 15) is 22.7 Å². The Morgan fingerprint density at radius 3 is 2.11 bits per heavy atom. The number of hydrogen-bond acceptors (Lipinski definition) is 7. The minimum Gasteiger partial charge on any atom is -0.497 e. The van der Waals surface area contributed by atoms with Crippen molar-refractivity contribution >= 4 is 11.6 Å². The average molecular weight is 670 g/mol. The summed E-state index contributed by atoms with van der Waals surface area (Å²) in [5.74, 6) is 0.761. The molecule has 0 spiro atoms. The van der Waals surface area contributed by atoms with E-state index in [-0.39, 0.29) is 17.1 Å². The molecule has 3 aromatic carbocycles. The Kier molecular flexibility index (Phi) is 10.1. The van der Waals surface area contributed by atoms with Crippen LogP contribution in [-0.2, 0) is 31.2 Å². The molecule has 2 aromatic heterocycles. The van der Waals surface area contributed by atoms with Gasteiger partial charge in [0.2, 0.25) is 0 Å². The number of hydrogen-bond donors (Lipinski definition) is 1. The molecule has 0 bridgehead atoms. The fourth-order valence-electron chi connectivity index (χ4n) is 5.26. The number of halogens is 5. The highest BCUT2D eigenvalue weighted by molar-refractivity contribution is 6.29. The van der Waals surface area contributed by atoms with Crippen LogP contribution in [0.5, 0.6) is 11.5 Å². The van der Waals surface area contributed by atoms with Crippen LogP contribution >= 0.6 is 11.6 Å². The van der Waals surface area contributed by atoms with Gasteiger partial charge in [-0.15, -0.1) is 5.10 Å². The van der Waals surface area contributed by atoms with E-state index in [1.807, 2.05) is 48.5 Å². The third kappa shape index (κ3) is 8.25. The largest absolute Gasteiger partial charge is 0.497 e. The number of nitrogens with zero attached hydrogens (tertiary/aromatic N) is 5. The van der Waals surface area contributed by atoms with Gasteiger partial charge in [-0.3, -0.25) is 0 Å². The van der Waals surface area contributed by atoms with Crippen molar-refractivity contribution in [2.75, 3.05) is 14.2 Å². The number of rotatable bonds is 12. The summed E-state index contributed by atoms with van der Waals surface area (Å²) in [6.45, 7) is 1.73. The maximum absolute atomic E-state index is 14.8. The molecule has 0 aliphatic carbocycles. The summed E-state index contributed by atoms with van der Waals surface area (Å²) in [5, 5.41) is 20.2. The molecule has 1 atom stereocenters. The van der Waals surface area contributed by atoms with E-state index in [1.54, 1.807) is 25.0 Å². The zero-order valence-electron chi connectivity index (χ0n) is 25.9. The van der Waals surface area contributed by atoms with Crippen molar-refractivity contribution in [1.82, 2.24) is 25.0 Å². The molecule has 5 aromatic rings. The Labute approximate surface area is 274 Å². The lowest BCUT2D eigenvalue weighted by atomic mass is 9.89. The molecule has 0 amide bonds. The summed E-state index contributed by atoms with van der Waals surface area (Å²) < 4.78 is 66.2. The average Bonchev–Trinajstić information content (AvgIpc) is 3.42. The molecule has 0 saturated heterocycles. The molecule has 0 fully saturated rings. The Hall–Kier alpha value is -4.55. The van der Waals surface area contributed by atoms with E-state index in [2.05, 4.69) is 15.3 Å². The quantitative estimate of drug-likeness (QED) is 0.109. The summed E-state index contributed by atoms with van der Waals surface area (Å²) in [6.07, 6.45) is -3.63. The summed E-state index contributed by atoms with van der Waals surface area (Å²) in [7, 11) is 3.17. The van der Waals surface area contributed by atoms with Crippen molar-refractivity contribution < 1.29 is 32.1 Å². The first-order valence-corrected chi connectivity index (χ1v) is 15.1. The van der Waals surface area contributed by atoms with Gasteiger partial charge in [-0.1, -0.05) is 47.1 Å². The van der Waals surface area contributed by atoms with Gasteiger partial charge in [-0.25, -0.2) is 19.0 Å². The second-order valence-electron chi connectivity index (χ2n) is 11.2. The van der Waals surface area contributed by atoms with Crippen LogP contribution in [0, 0.1) is 5.82 Å². The van der Waals surface area contributed by atoms with Crippen LogP contribution in [0.15, 0.2) is 72.8 Å². The number of aromatic nitrogens is 5. The molecule has 13 heteroatoms. The van der Waals surface area contributed by atoms with E-state index >= 15 is 0 Å². The van der Waals surface area contributed by atoms with E-state index in [1.165, 1.54) is 6.92 Å². The summed E-state index contributed by atoms with van der Waals surface area (Å²) in [4.78, 5) is 9.13. The highest BCUT2D eigenvalue weighted by Gasteiger charge is 2.34. The zero-order chi connectivity index (χ0) is 33.8. The van der Waals surface area contributed by atoms with Crippen LogP contribution in [-0.4, -0.2) is 44.3 Å². The first-order valence-electron chi connectivity index (χ1n) is 14.7. The highest BCUT2D eigenvalue weighted by atomic mass is 35.5. The van der Waals surface area contributed by atoms with E-state index < -0.39 is 23.2 Å². The molecule has 5 rings (SSSR count). The summed E-state index contributed by atoms with van der Waals surface area (Å²) in [6, 6.07) is 18.7. The number of alkyl halides is 3. The van der Waals surface area contributed by atoms with Crippen LogP contribution in [0.3, 0.4) is 0 Å². The highest BCUT2D eigenvalue weighted by Crippen LogP contribution is 2.35. The number of ether oxygens (including phenoxy) is 2. The van der Waals surface area contributed by atoms with Crippen LogP contribution in [0.4, 0.5) is 17.6 Å². The second kappa shape index (κ2) is 14.1. The van der Waals surface area contributed by atoms with Crippen LogP contribution in [0.2, 0.25) is 5.15 Å². The SMILES string of the molecule is COc1ccc(Cc2nc(Cl)cc(-c3nnn(Cc4ccc(OC)cc4)c3CCCC(C)(O)c3ccc(C(F)(F)F)cc3F)n2)cc1. The van der Waals surface area contributed by atoms with Crippen molar-refractivity contribution in [1.29, 1.82) is 0 Å². The monoisotopic (exact) mass is 669 g/mol. The van der Waals surface area contributed by atoms with Crippen molar-refractivity contribution in [2.24, 2.45) is 0 Å². The molecule has 1 unspecified atom stereocenters. The van der Waals surface area contributed by atoms with Gasteiger partial charge in [0.15, 0.2) is 0 Å². The third-order valence-corrected chi connectivity index (χ3v) is 7.98. The Bertz CT molecular complexity index is 1830. The molecular formula is C34H32ClF4N5O3. The van der Waals surface area contributed by atoms with E-state index in [0.29, 0.717) is 60.5 Å². The van der Waals surface area contributed by atoms with Gasteiger partial charge in [0.25, 0.3) is 0 Å². The first kappa shape index (κ1) is 33.8. The molecule has 246 valence electrons. The fraction of sp³-hybridized carbons (Fsp3) is 0.294. The second-order valence-corrected chi connectivity index (χ2v) is 11.6. The predicted octanol–water partition coefficient (Wildman–Crippen LogP) is 7.43. The van der Waals surface area contributed by atoms with Crippen molar-refractivity contribution in [3.8, 4) is 22.9 Å². The smallest absolute Gasteiger partial charge is 0.416 e. The van der Waals surface area contributed by atoms with Gasteiger partial charge in [0.1, 0.15) is 34.0 Å². The molecule has 0 saturated carbocycles. The van der Waals surface area contributed by atoms with Crippen LogP contribution < -0.4 is 9.47 Å². The van der Waals surface area contributed by atoms with Crippen molar-refractivity contribution in [3.05, 3.63) is 118 Å². The topological polar surface area (TPSA) is 95.2 Å². The molecule has 0 aliphatic heterocycles. The zero-order valence-corrected chi connectivity index (χ0v) is 26.6. The molecule has 0 aliphatic rings. The van der Waals surface area contributed by atoms with Crippen molar-refractivity contribution in [3.63, 3.8) is 0 Å². The lowest BCUT2D eigenvalue weighted by Gasteiger charge is -2.25. The molecule has 1 N–H and O–H groups in total. The van der Waals surface area contributed by atoms with Gasteiger partial charge < -0.3 is 14.6 Å². The van der Waals surface area contributed by atoms with E-state index in [4.69, 9.17) is 26.1 Å². The van der Waals surface area contributed by atoms with Crippen LogP contribution in [0.25, 0.3) is 11.4 Å². The molecule has 2 heterocycles.